The fourth-order valence-electron chi connectivity index (χ4n) is 2.18. The van der Waals surface area contributed by atoms with Crippen molar-refractivity contribution in [3.05, 3.63) is 65.7 Å². The third kappa shape index (κ3) is 6.13. The summed E-state index contributed by atoms with van der Waals surface area (Å²) >= 11 is 0. The van der Waals surface area contributed by atoms with Gasteiger partial charge >= 0.3 is 0 Å². The van der Waals surface area contributed by atoms with Crippen LogP contribution in [0.25, 0.3) is 6.08 Å². The Hall–Kier alpha value is -3.10. The Bertz CT molecular complexity index is 747. The van der Waals surface area contributed by atoms with Gasteiger partial charge in [0.2, 0.25) is 0 Å². The lowest BCUT2D eigenvalue weighted by atomic mass is 10.1. The number of para-hydroxylation sites is 1. The van der Waals surface area contributed by atoms with Gasteiger partial charge in [-0.2, -0.15) is 5.26 Å². The number of amides is 1. The molecular formula is C20H21N3O2. The van der Waals surface area contributed by atoms with E-state index < -0.39 is 0 Å². The molecule has 0 spiro atoms. The number of rotatable bonds is 8. The number of nitriles is 1. The number of ether oxygens (including phenoxy) is 1. The molecule has 2 rings (SSSR count). The molecule has 2 N–H and O–H groups in total. The predicted octanol–water partition coefficient (Wildman–Crippen LogP) is 3.49. The van der Waals surface area contributed by atoms with Gasteiger partial charge in [0, 0.05) is 31.6 Å². The number of carbonyl (C=O) groups is 1. The first kappa shape index (κ1) is 18.2. The molecule has 0 fully saturated rings. The minimum absolute atomic E-state index is 0.0844. The SMILES string of the molecule is COCCCNC(=O)/C(C#N)=C/c1ccc(Nc2ccccc2)cc1. The first-order valence-electron chi connectivity index (χ1n) is 8.04. The molecule has 0 aromatic heterocycles. The molecular weight excluding hydrogens is 314 g/mol. The molecule has 0 atom stereocenters. The maximum absolute atomic E-state index is 12.0. The summed E-state index contributed by atoms with van der Waals surface area (Å²) in [5.41, 5.74) is 2.81. The third-order valence-electron chi connectivity index (χ3n) is 3.46. The summed E-state index contributed by atoms with van der Waals surface area (Å²) in [7, 11) is 1.61. The van der Waals surface area contributed by atoms with Crippen molar-refractivity contribution in [3.8, 4) is 6.07 Å². The van der Waals surface area contributed by atoms with Crippen molar-refractivity contribution in [2.75, 3.05) is 25.6 Å². The standard InChI is InChI=1S/C20H21N3O2/c1-25-13-5-12-22-20(24)17(15-21)14-16-8-10-19(11-9-16)23-18-6-3-2-4-7-18/h2-4,6-11,14,23H,5,12-13H2,1H3,(H,22,24)/b17-14+. The van der Waals surface area contributed by atoms with Gasteiger partial charge in [-0.25, -0.2) is 0 Å². The number of benzene rings is 2. The largest absolute Gasteiger partial charge is 0.385 e. The fraction of sp³-hybridized carbons (Fsp3) is 0.200. The Morgan fingerprint density at radius 3 is 2.44 bits per heavy atom. The second-order valence-electron chi connectivity index (χ2n) is 5.39. The highest BCUT2D eigenvalue weighted by Gasteiger charge is 2.08. The molecule has 5 heteroatoms. The summed E-state index contributed by atoms with van der Waals surface area (Å²) in [6.45, 7) is 1.05. The molecule has 0 unspecified atom stereocenters. The fourth-order valence-corrected chi connectivity index (χ4v) is 2.18. The molecule has 0 radical (unpaired) electrons. The van der Waals surface area contributed by atoms with E-state index >= 15 is 0 Å². The van der Waals surface area contributed by atoms with Gasteiger partial charge < -0.3 is 15.4 Å². The van der Waals surface area contributed by atoms with E-state index in [1.54, 1.807) is 13.2 Å². The van der Waals surface area contributed by atoms with Gasteiger partial charge in [0.15, 0.2) is 0 Å². The van der Waals surface area contributed by atoms with Crippen LogP contribution in [-0.2, 0) is 9.53 Å². The van der Waals surface area contributed by atoms with Crippen LogP contribution < -0.4 is 10.6 Å². The lowest BCUT2D eigenvalue weighted by Crippen LogP contribution is -2.26. The average molecular weight is 335 g/mol. The Labute approximate surface area is 147 Å². The first-order chi connectivity index (χ1) is 12.2. The minimum atomic E-state index is -0.370. The van der Waals surface area contributed by atoms with Crippen LogP contribution in [0.15, 0.2) is 60.2 Å². The topological polar surface area (TPSA) is 74.1 Å². The molecule has 2 aromatic rings. The molecule has 0 aliphatic heterocycles. The summed E-state index contributed by atoms with van der Waals surface area (Å²) in [6, 6.07) is 19.3. The van der Waals surface area contributed by atoms with Gasteiger partial charge in [0.05, 0.1) is 0 Å². The molecule has 0 saturated carbocycles. The van der Waals surface area contributed by atoms with Gasteiger partial charge in [-0.1, -0.05) is 30.3 Å². The van der Waals surface area contributed by atoms with E-state index in [1.165, 1.54) is 0 Å². The van der Waals surface area contributed by atoms with Crippen molar-refractivity contribution >= 4 is 23.4 Å². The zero-order chi connectivity index (χ0) is 17.9. The van der Waals surface area contributed by atoms with Crippen LogP contribution in [0, 0.1) is 11.3 Å². The summed E-state index contributed by atoms with van der Waals surface area (Å²) < 4.78 is 4.92. The molecule has 2 aromatic carbocycles. The van der Waals surface area contributed by atoms with Gasteiger partial charge in [-0.15, -0.1) is 0 Å². The summed E-state index contributed by atoms with van der Waals surface area (Å²) in [5, 5.41) is 15.2. The highest BCUT2D eigenvalue weighted by Crippen LogP contribution is 2.17. The summed E-state index contributed by atoms with van der Waals surface area (Å²) in [5.74, 6) is -0.370. The van der Waals surface area contributed by atoms with Crippen LogP contribution in [-0.4, -0.2) is 26.2 Å². The molecule has 0 aliphatic carbocycles. The molecule has 0 bridgehead atoms. The van der Waals surface area contributed by atoms with Crippen molar-refractivity contribution in [1.29, 1.82) is 5.26 Å². The predicted molar refractivity (Wildman–Crippen MR) is 99.3 cm³/mol. The number of hydrogen-bond donors (Lipinski definition) is 2. The Morgan fingerprint density at radius 2 is 1.80 bits per heavy atom. The maximum Gasteiger partial charge on any atom is 0.261 e. The third-order valence-corrected chi connectivity index (χ3v) is 3.46. The van der Waals surface area contributed by atoms with Crippen LogP contribution in [0.5, 0.6) is 0 Å². The molecule has 0 aliphatic rings. The van der Waals surface area contributed by atoms with E-state index in [0.29, 0.717) is 19.6 Å². The number of nitrogens with one attached hydrogen (secondary N) is 2. The minimum Gasteiger partial charge on any atom is -0.385 e. The number of hydrogen-bond acceptors (Lipinski definition) is 4. The normalized spacial score (nSPS) is 10.8. The lowest BCUT2D eigenvalue weighted by molar-refractivity contribution is -0.117. The van der Waals surface area contributed by atoms with Gasteiger partial charge in [-0.3, -0.25) is 4.79 Å². The van der Waals surface area contributed by atoms with Crippen LogP contribution >= 0.6 is 0 Å². The highest BCUT2D eigenvalue weighted by atomic mass is 16.5. The quantitative estimate of drug-likeness (QED) is 0.440. The monoisotopic (exact) mass is 335 g/mol. The van der Waals surface area contributed by atoms with Crippen molar-refractivity contribution in [3.63, 3.8) is 0 Å². The summed E-state index contributed by atoms with van der Waals surface area (Å²) in [6.07, 6.45) is 2.29. The van der Waals surface area contributed by atoms with Crippen molar-refractivity contribution < 1.29 is 9.53 Å². The maximum atomic E-state index is 12.0. The van der Waals surface area contributed by atoms with Crippen LogP contribution in [0.4, 0.5) is 11.4 Å². The molecule has 128 valence electrons. The molecule has 25 heavy (non-hydrogen) atoms. The van der Waals surface area contributed by atoms with Gasteiger partial charge in [-0.05, 0) is 42.3 Å². The van der Waals surface area contributed by atoms with Crippen LogP contribution in [0.1, 0.15) is 12.0 Å². The highest BCUT2D eigenvalue weighted by molar-refractivity contribution is 6.01. The average Bonchev–Trinajstić information content (AvgIpc) is 2.65. The molecule has 0 saturated heterocycles. The van der Waals surface area contributed by atoms with E-state index in [-0.39, 0.29) is 11.5 Å². The van der Waals surface area contributed by atoms with Gasteiger partial charge in [0.25, 0.3) is 5.91 Å². The van der Waals surface area contributed by atoms with E-state index in [4.69, 9.17) is 4.74 Å². The number of methoxy groups -OCH3 is 1. The molecule has 0 heterocycles. The second-order valence-corrected chi connectivity index (χ2v) is 5.39. The summed E-state index contributed by atoms with van der Waals surface area (Å²) in [4.78, 5) is 12.0. The van der Waals surface area contributed by atoms with Crippen molar-refractivity contribution in [1.82, 2.24) is 5.32 Å². The van der Waals surface area contributed by atoms with Crippen LogP contribution in [0.2, 0.25) is 0 Å². The Balaban J connectivity index is 1.98. The van der Waals surface area contributed by atoms with Crippen molar-refractivity contribution in [2.45, 2.75) is 6.42 Å². The Kier molecular flexibility index (Phi) is 7.23. The van der Waals surface area contributed by atoms with E-state index in [9.17, 15) is 10.1 Å². The van der Waals surface area contributed by atoms with Crippen LogP contribution in [0.3, 0.4) is 0 Å². The van der Waals surface area contributed by atoms with Gasteiger partial charge in [0.1, 0.15) is 11.6 Å². The van der Waals surface area contributed by atoms with E-state index in [2.05, 4.69) is 10.6 Å². The number of carbonyl (C=O) groups excluding carboxylic acids is 1. The van der Waals surface area contributed by atoms with E-state index in [0.717, 1.165) is 16.9 Å². The lowest BCUT2D eigenvalue weighted by Gasteiger charge is -2.07. The number of anilines is 2. The molecule has 1 amide bonds. The zero-order valence-electron chi connectivity index (χ0n) is 14.2. The first-order valence-corrected chi connectivity index (χ1v) is 8.04. The zero-order valence-corrected chi connectivity index (χ0v) is 14.2. The number of nitrogens with zero attached hydrogens (tertiary/aromatic N) is 1. The van der Waals surface area contributed by atoms with Crippen molar-refractivity contribution in [2.24, 2.45) is 0 Å². The smallest absolute Gasteiger partial charge is 0.261 e. The molecule has 5 nitrogen and oxygen atoms in total. The van der Waals surface area contributed by atoms with E-state index in [1.807, 2.05) is 60.7 Å². The Morgan fingerprint density at radius 1 is 1.12 bits per heavy atom. The second kappa shape index (κ2) is 9.91.